The minimum atomic E-state index is -0.958. The summed E-state index contributed by atoms with van der Waals surface area (Å²) in [6.45, 7) is 0. The third kappa shape index (κ3) is 3.70. The number of carboxylic acids is 1. The molecule has 0 aromatic carbocycles. The molecule has 90 valence electrons. The van der Waals surface area contributed by atoms with Crippen LogP contribution >= 0.6 is 23.4 Å². The first-order chi connectivity index (χ1) is 7.52. The maximum atomic E-state index is 10.5. The van der Waals surface area contributed by atoms with E-state index < -0.39 is 12.0 Å². The van der Waals surface area contributed by atoms with E-state index >= 15 is 0 Å². The van der Waals surface area contributed by atoms with E-state index in [1.54, 1.807) is 22.5 Å². The number of carbonyl (C=O) groups is 1. The summed E-state index contributed by atoms with van der Waals surface area (Å²) in [7, 11) is 1.84. The Balaban J connectivity index is 2.26. The number of nitrogens with zero attached hydrogens (tertiary/aromatic N) is 2. The van der Waals surface area contributed by atoms with Crippen molar-refractivity contribution in [1.29, 1.82) is 0 Å². The summed E-state index contributed by atoms with van der Waals surface area (Å²) < 4.78 is 1.80. The van der Waals surface area contributed by atoms with Gasteiger partial charge in [-0.15, -0.1) is 0 Å². The lowest BCUT2D eigenvalue weighted by atomic mass is 10.2. The molecule has 0 fully saturated rings. The lowest BCUT2D eigenvalue weighted by Gasteiger charge is -2.06. The van der Waals surface area contributed by atoms with E-state index in [9.17, 15) is 4.79 Å². The third-order valence-electron chi connectivity index (χ3n) is 2.15. The largest absolute Gasteiger partial charge is 0.480 e. The molecule has 1 heterocycles. The number of hydrogen-bond donors (Lipinski definition) is 2. The van der Waals surface area contributed by atoms with Crippen LogP contribution in [-0.2, 0) is 17.6 Å². The fourth-order valence-corrected chi connectivity index (χ4v) is 2.22. The highest BCUT2D eigenvalue weighted by molar-refractivity contribution is 7.98. The molecule has 5 nitrogen and oxygen atoms in total. The highest BCUT2D eigenvalue weighted by Gasteiger charge is 2.11. The van der Waals surface area contributed by atoms with Crippen LogP contribution in [0, 0.1) is 0 Å². The van der Waals surface area contributed by atoms with Crippen molar-refractivity contribution in [3.63, 3.8) is 0 Å². The summed E-state index contributed by atoms with van der Waals surface area (Å²) in [5.41, 5.74) is 5.38. The van der Waals surface area contributed by atoms with Crippen molar-refractivity contribution in [2.75, 3.05) is 5.75 Å². The smallest absolute Gasteiger partial charge is 0.320 e. The van der Waals surface area contributed by atoms with Crippen LogP contribution < -0.4 is 5.73 Å². The molecule has 16 heavy (non-hydrogen) atoms. The van der Waals surface area contributed by atoms with Crippen molar-refractivity contribution in [2.45, 2.75) is 18.2 Å². The first-order valence-electron chi connectivity index (χ1n) is 4.74. The van der Waals surface area contributed by atoms with Crippen LogP contribution in [0.15, 0.2) is 6.20 Å². The summed E-state index contributed by atoms with van der Waals surface area (Å²) in [5, 5.41) is 9.17. The van der Waals surface area contributed by atoms with Crippen LogP contribution in [0.1, 0.15) is 12.2 Å². The average molecular weight is 264 g/mol. The molecule has 1 atom stereocenters. The molecule has 0 aliphatic rings. The number of thioether (sulfide) groups is 1. The molecule has 3 N–H and O–H groups in total. The molecule has 1 aromatic heterocycles. The van der Waals surface area contributed by atoms with Crippen LogP contribution in [0.5, 0.6) is 0 Å². The molecule has 1 aromatic rings. The van der Waals surface area contributed by atoms with Gasteiger partial charge in [-0.1, -0.05) is 11.6 Å². The lowest BCUT2D eigenvalue weighted by molar-refractivity contribution is -0.138. The molecule has 0 aliphatic carbocycles. The Morgan fingerprint density at radius 2 is 2.50 bits per heavy atom. The Hall–Kier alpha value is -0.720. The van der Waals surface area contributed by atoms with Gasteiger partial charge in [0.25, 0.3) is 0 Å². The van der Waals surface area contributed by atoms with Crippen molar-refractivity contribution in [1.82, 2.24) is 9.55 Å². The fraction of sp³-hybridized carbons (Fsp3) is 0.556. The molecular weight excluding hydrogens is 250 g/mol. The van der Waals surface area contributed by atoms with Crippen LogP contribution in [-0.4, -0.2) is 32.4 Å². The van der Waals surface area contributed by atoms with Gasteiger partial charge in [0.2, 0.25) is 0 Å². The second kappa shape index (κ2) is 6.12. The SMILES string of the molecule is Cn1c(Cl)cnc1CSCCC(N)C(=O)O. The third-order valence-corrected chi connectivity index (χ3v) is 3.49. The lowest BCUT2D eigenvalue weighted by Crippen LogP contribution is -2.30. The predicted octanol–water partition coefficient (Wildman–Crippen LogP) is 1.11. The number of imidazole rings is 1. The van der Waals surface area contributed by atoms with Gasteiger partial charge in [-0.3, -0.25) is 4.79 Å². The molecule has 1 rings (SSSR count). The average Bonchev–Trinajstić information content (AvgIpc) is 2.55. The molecule has 0 radical (unpaired) electrons. The second-order valence-electron chi connectivity index (χ2n) is 3.34. The van der Waals surface area contributed by atoms with E-state index in [-0.39, 0.29) is 0 Å². The zero-order valence-corrected chi connectivity index (χ0v) is 10.5. The monoisotopic (exact) mass is 263 g/mol. The minimum absolute atomic E-state index is 0.457. The van der Waals surface area contributed by atoms with Crippen molar-refractivity contribution in [3.05, 3.63) is 17.2 Å². The van der Waals surface area contributed by atoms with Gasteiger partial charge in [0.1, 0.15) is 17.0 Å². The minimum Gasteiger partial charge on any atom is -0.480 e. The van der Waals surface area contributed by atoms with E-state index in [1.165, 1.54) is 0 Å². The molecule has 0 aliphatic heterocycles. The number of aliphatic carboxylic acids is 1. The summed E-state index contributed by atoms with van der Waals surface area (Å²) in [6.07, 6.45) is 2.05. The Morgan fingerprint density at radius 1 is 1.81 bits per heavy atom. The highest BCUT2D eigenvalue weighted by Crippen LogP contribution is 2.15. The number of hydrogen-bond acceptors (Lipinski definition) is 4. The molecule has 1 unspecified atom stereocenters. The van der Waals surface area contributed by atoms with Gasteiger partial charge < -0.3 is 15.4 Å². The molecular formula is C9H14ClN3O2S. The molecule has 0 saturated heterocycles. The maximum absolute atomic E-state index is 10.5. The first kappa shape index (κ1) is 13.3. The molecule has 0 saturated carbocycles. The van der Waals surface area contributed by atoms with Crippen LogP contribution in [0.25, 0.3) is 0 Å². The Bertz CT molecular complexity index is 370. The number of aromatic nitrogens is 2. The Labute approximate surface area is 103 Å². The van der Waals surface area contributed by atoms with E-state index in [2.05, 4.69) is 4.98 Å². The van der Waals surface area contributed by atoms with Gasteiger partial charge >= 0.3 is 5.97 Å². The molecule has 0 bridgehead atoms. The van der Waals surface area contributed by atoms with Gasteiger partial charge in [0, 0.05) is 7.05 Å². The highest BCUT2D eigenvalue weighted by atomic mass is 35.5. The van der Waals surface area contributed by atoms with Crippen molar-refractivity contribution in [2.24, 2.45) is 12.8 Å². The van der Waals surface area contributed by atoms with Gasteiger partial charge in [0.15, 0.2) is 0 Å². The number of carboxylic acid groups (broad SMARTS) is 1. The van der Waals surface area contributed by atoms with Crippen molar-refractivity contribution < 1.29 is 9.90 Å². The standard InChI is InChI=1S/C9H14ClN3O2S/c1-13-7(10)4-12-8(13)5-16-3-2-6(11)9(14)15/h4,6H,2-3,5,11H2,1H3,(H,14,15). The Morgan fingerprint density at radius 3 is 3.00 bits per heavy atom. The number of halogens is 1. The van der Waals surface area contributed by atoms with E-state index in [1.807, 2.05) is 7.05 Å². The zero-order chi connectivity index (χ0) is 12.1. The van der Waals surface area contributed by atoms with Crippen LogP contribution in [0.4, 0.5) is 0 Å². The van der Waals surface area contributed by atoms with Gasteiger partial charge in [0.05, 0.1) is 11.9 Å². The van der Waals surface area contributed by atoms with E-state index in [0.717, 1.165) is 5.82 Å². The van der Waals surface area contributed by atoms with Crippen molar-refractivity contribution >= 4 is 29.3 Å². The van der Waals surface area contributed by atoms with Crippen LogP contribution in [0.2, 0.25) is 5.15 Å². The first-order valence-corrected chi connectivity index (χ1v) is 6.28. The van der Waals surface area contributed by atoms with E-state index in [0.29, 0.717) is 23.1 Å². The quantitative estimate of drug-likeness (QED) is 0.752. The maximum Gasteiger partial charge on any atom is 0.320 e. The zero-order valence-electron chi connectivity index (χ0n) is 8.89. The Kier molecular flexibility index (Phi) is 5.11. The predicted molar refractivity (Wildman–Crippen MR) is 64.6 cm³/mol. The molecule has 7 heteroatoms. The van der Waals surface area contributed by atoms with Gasteiger partial charge in [-0.05, 0) is 12.2 Å². The van der Waals surface area contributed by atoms with Gasteiger partial charge in [-0.2, -0.15) is 11.8 Å². The molecule has 0 spiro atoms. The second-order valence-corrected chi connectivity index (χ2v) is 4.83. The summed E-state index contributed by atoms with van der Waals surface area (Å²) in [4.78, 5) is 14.6. The van der Waals surface area contributed by atoms with Crippen LogP contribution in [0.3, 0.4) is 0 Å². The topological polar surface area (TPSA) is 81.1 Å². The van der Waals surface area contributed by atoms with E-state index in [4.69, 9.17) is 22.4 Å². The van der Waals surface area contributed by atoms with Gasteiger partial charge in [-0.25, -0.2) is 4.98 Å². The summed E-state index contributed by atoms with van der Waals surface area (Å²) in [6, 6.07) is -0.780. The number of rotatable bonds is 6. The normalized spacial score (nSPS) is 12.7. The van der Waals surface area contributed by atoms with Crippen molar-refractivity contribution in [3.8, 4) is 0 Å². The summed E-state index contributed by atoms with van der Waals surface area (Å²) >= 11 is 7.42. The number of nitrogens with two attached hydrogens (primary N) is 1. The fourth-order valence-electron chi connectivity index (χ4n) is 1.06. The molecule has 0 amide bonds. The summed E-state index contributed by atoms with van der Waals surface area (Å²) in [5.74, 6) is 1.31.